The second-order valence-electron chi connectivity index (χ2n) is 4.84. The van der Waals surface area contributed by atoms with Gasteiger partial charge in [0.2, 0.25) is 0 Å². The fourth-order valence-electron chi connectivity index (χ4n) is 2.23. The lowest BCUT2D eigenvalue weighted by molar-refractivity contribution is 1.74. The maximum Gasteiger partial charge on any atom is 0.160 e. The molecular formula is C12H10B10. The largest absolute Gasteiger partial charge is 0.160 e. The molecular weight excluding hydrogens is 252 g/mol. The zero-order chi connectivity index (χ0) is 15.5. The third kappa shape index (κ3) is 6.07. The van der Waals surface area contributed by atoms with Gasteiger partial charge < -0.3 is 0 Å². The minimum Gasteiger partial charge on any atom is -0.0840 e. The molecule has 88 valence electrons. The molecule has 0 aliphatic heterocycles. The molecule has 22 heavy (non-hydrogen) atoms. The number of hydrogen-bond donors (Lipinski definition) is 0. The monoisotopic (exact) mass is 264 g/mol. The van der Waals surface area contributed by atoms with Crippen molar-refractivity contribution in [2.75, 3.05) is 0 Å². The topological polar surface area (TPSA) is 0 Å². The summed E-state index contributed by atoms with van der Waals surface area (Å²) in [5, 5.41) is 0. The summed E-state index contributed by atoms with van der Waals surface area (Å²) >= 11 is 0. The lowest BCUT2D eigenvalue weighted by Gasteiger charge is -2.14. The summed E-state index contributed by atoms with van der Waals surface area (Å²) in [5.41, 5.74) is 2.58. The van der Waals surface area contributed by atoms with Crippen LogP contribution in [0.4, 0.5) is 0 Å². The highest BCUT2D eigenvalue weighted by molar-refractivity contribution is 7.70. The summed E-state index contributed by atoms with van der Waals surface area (Å²) in [6.45, 7) is 0.264. The van der Waals surface area contributed by atoms with Crippen molar-refractivity contribution in [2.45, 2.75) is 0 Å². The molecule has 0 spiro atoms. The molecule has 0 atom stereocenters. The van der Waals surface area contributed by atoms with Gasteiger partial charge in [0.05, 0.1) is 0 Å². The summed E-state index contributed by atoms with van der Waals surface area (Å²) in [7, 11) is 20.7. The quantitative estimate of drug-likeness (QED) is 0.340. The second kappa shape index (κ2) is 10.8. The van der Waals surface area contributed by atoms with Crippen LogP contribution in [0, 0.1) is 0 Å². The van der Waals surface area contributed by atoms with Gasteiger partial charge in [-0.05, 0) is 0 Å². The average Bonchev–Trinajstić information content (AvgIpc) is 2.59. The van der Waals surface area contributed by atoms with Crippen LogP contribution < -0.4 is 10.9 Å². The molecule has 2 aromatic carbocycles. The average molecular weight is 262 g/mol. The van der Waals surface area contributed by atoms with Crippen LogP contribution in [-0.4, -0.2) is 70.8 Å². The van der Waals surface area contributed by atoms with Gasteiger partial charge in [-0.25, -0.2) is 0 Å². The molecule has 10 heteroatoms. The fraction of sp³-hybridized carbons (Fsp3) is 0. The SMILES string of the molecule is [B][B][B][B][B][B][B][B][B]B(c1ccccc1)c1ccccc1. The third-order valence-corrected chi connectivity index (χ3v) is 3.29. The van der Waals surface area contributed by atoms with Crippen LogP contribution in [0.1, 0.15) is 0 Å². The number of benzene rings is 2. The first-order chi connectivity index (χ1) is 10.9. The molecule has 0 saturated carbocycles. The van der Waals surface area contributed by atoms with E-state index in [1.165, 1.54) is 18.0 Å². The molecule has 2 aromatic rings. The predicted molar refractivity (Wildman–Crippen MR) is 110 cm³/mol. The van der Waals surface area contributed by atoms with E-state index in [4.69, 9.17) is 7.74 Å². The highest BCUT2D eigenvalue weighted by atomic mass is 13.9. The van der Waals surface area contributed by atoms with Crippen LogP contribution in [0.3, 0.4) is 0 Å². The summed E-state index contributed by atoms with van der Waals surface area (Å²) in [4.78, 5) is 0. The van der Waals surface area contributed by atoms with Gasteiger partial charge in [0.15, 0.2) is 6.60 Å². The summed E-state index contributed by atoms with van der Waals surface area (Å²) in [6, 6.07) is 21.1. The van der Waals surface area contributed by atoms with E-state index in [0.29, 0.717) is 0 Å². The van der Waals surface area contributed by atoms with Crippen molar-refractivity contribution in [1.82, 2.24) is 0 Å². The molecule has 0 aliphatic rings. The van der Waals surface area contributed by atoms with E-state index in [2.05, 4.69) is 62.7 Å². The first kappa shape index (κ1) is 17.4. The first-order valence-electron chi connectivity index (χ1n) is 7.40. The van der Waals surface area contributed by atoms with E-state index >= 15 is 0 Å². The van der Waals surface area contributed by atoms with E-state index in [1.807, 2.05) is 40.4 Å². The highest BCUT2D eigenvalue weighted by Gasteiger charge is 2.17. The lowest BCUT2D eigenvalue weighted by atomic mass is 8.87. The van der Waals surface area contributed by atoms with Gasteiger partial charge in [0.25, 0.3) is 0 Å². The minimum absolute atomic E-state index is 0.264. The molecule has 0 N–H and O–H groups in total. The maximum absolute atomic E-state index is 5.27. The van der Waals surface area contributed by atoms with E-state index in [1.54, 1.807) is 7.06 Å². The van der Waals surface area contributed by atoms with Gasteiger partial charge in [-0.1, -0.05) is 71.6 Å². The van der Waals surface area contributed by atoms with Crippen molar-refractivity contribution in [3.05, 3.63) is 60.7 Å². The molecule has 2 rings (SSSR count). The summed E-state index contributed by atoms with van der Waals surface area (Å²) in [6.07, 6.45) is 0. The number of rotatable bonds is 10. The third-order valence-electron chi connectivity index (χ3n) is 3.29. The van der Waals surface area contributed by atoms with Gasteiger partial charge in [0, 0.05) is 64.2 Å². The van der Waals surface area contributed by atoms with E-state index in [-0.39, 0.29) is 6.60 Å². The zero-order valence-corrected chi connectivity index (χ0v) is 12.5. The van der Waals surface area contributed by atoms with Crippen molar-refractivity contribution in [2.24, 2.45) is 0 Å². The van der Waals surface area contributed by atoms with Gasteiger partial charge >= 0.3 is 0 Å². The minimum atomic E-state index is 0.264. The highest BCUT2D eigenvalue weighted by Crippen LogP contribution is 1.91. The van der Waals surface area contributed by atoms with Gasteiger partial charge in [0.1, 0.15) is 0 Å². The zero-order valence-electron chi connectivity index (χ0n) is 12.5. The van der Waals surface area contributed by atoms with E-state index in [0.717, 1.165) is 0 Å². The molecule has 0 fully saturated rings. The molecule has 0 heterocycles. The van der Waals surface area contributed by atoms with Gasteiger partial charge in [-0.15, -0.1) is 0 Å². The molecule has 0 bridgehead atoms. The van der Waals surface area contributed by atoms with Crippen molar-refractivity contribution in [3.63, 3.8) is 0 Å². The Morgan fingerprint density at radius 3 is 1.55 bits per heavy atom. The summed E-state index contributed by atoms with van der Waals surface area (Å²) < 4.78 is 0. The smallest absolute Gasteiger partial charge is 0.0840 e. The molecule has 0 aromatic heterocycles. The van der Waals surface area contributed by atoms with Crippen molar-refractivity contribution in [1.29, 1.82) is 0 Å². The Hall–Kier alpha value is -0.911. The summed E-state index contributed by atoms with van der Waals surface area (Å²) in [5.74, 6) is 0. The van der Waals surface area contributed by atoms with E-state index in [9.17, 15) is 0 Å². The van der Waals surface area contributed by atoms with E-state index < -0.39 is 0 Å². The Bertz CT molecular complexity index is 468. The Morgan fingerprint density at radius 2 is 1.05 bits per heavy atom. The predicted octanol–water partition coefficient (Wildman–Crippen LogP) is -2.09. The number of hydrogen-bond acceptors (Lipinski definition) is 0. The van der Waals surface area contributed by atoms with Crippen LogP contribution in [0.15, 0.2) is 60.7 Å². The Balaban J connectivity index is 1.87. The van der Waals surface area contributed by atoms with Crippen LogP contribution in [0.2, 0.25) is 0 Å². The van der Waals surface area contributed by atoms with Crippen LogP contribution in [0.5, 0.6) is 0 Å². The van der Waals surface area contributed by atoms with Crippen LogP contribution in [-0.2, 0) is 0 Å². The normalized spacial score (nSPS) is 9.09. The Morgan fingerprint density at radius 1 is 0.591 bits per heavy atom. The standard InChI is InChI=1S/C12H10B10/c13-14-15-16-17-18-19-20-21-22(11-7-3-1-4-8-11)12-9-5-2-6-10-12/h1-10H. The molecule has 0 nitrogen and oxygen atoms in total. The van der Waals surface area contributed by atoms with Crippen LogP contribution >= 0.6 is 0 Å². The Labute approximate surface area is 142 Å². The molecule has 0 saturated heterocycles. The molecule has 0 amide bonds. The van der Waals surface area contributed by atoms with Gasteiger partial charge in [-0.2, -0.15) is 0 Å². The van der Waals surface area contributed by atoms with Crippen molar-refractivity contribution < 1.29 is 0 Å². The Kier molecular flexibility index (Phi) is 8.53. The fourth-order valence-corrected chi connectivity index (χ4v) is 2.23. The second-order valence-corrected chi connectivity index (χ2v) is 4.84. The molecule has 0 unspecified atom stereocenters. The molecule has 0 aliphatic carbocycles. The van der Waals surface area contributed by atoms with Crippen molar-refractivity contribution in [3.8, 4) is 0 Å². The van der Waals surface area contributed by atoms with Gasteiger partial charge in [-0.3, -0.25) is 0 Å². The maximum atomic E-state index is 5.27. The molecule has 10 radical (unpaired) electrons. The van der Waals surface area contributed by atoms with Crippen molar-refractivity contribution >= 4 is 81.8 Å². The lowest BCUT2D eigenvalue weighted by Crippen LogP contribution is -2.51. The first-order valence-corrected chi connectivity index (χ1v) is 7.40. The van der Waals surface area contributed by atoms with Crippen LogP contribution in [0.25, 0.3) is 0 Å².